The van der Waals surface area contributed by atoms with Crippen molar-refractivity contribution in [2.24, 2.45) is 4.99 Å². The van der Waals surface area contributed by atoms with Gasteiger partial charge in [0.05, 0.1) is 18.8 Å². The Morgan fingerprint density at radius 1 is 1.17 bits per heavy atom. The lowest BCUT2D eigenvalue weighted by Crippen LogP contribution is -2.36. The molecule has 1 aromatic carbocycles. The molecule has 2 aromatic rings. The van der Waals surface area contributed by atoms with E-state index in [0.717, 1.165) is 23.2 Å². The lowest BCUT2D eigenvalue weighted by Gasteiger charge is -2.11. The van der Waals surface area contributed by atoms with Crippen molar-refractivity contribution in [3.8, 4) is 0 Å². The van der Waals surface area contributed by atoms with Gasteiger partial charge in [-0.25, -0.2) is 9.98 Å². The zero-order valence-electron chi connectivity index (χ0n) is 15.1. The summed E-state index contributed by atoms with van der Waals surface area (Å²) in [6, 6.07) is 6.50. The minimum atomic E-state index is 0. The number of rotatable bonds is 5. The van der Waals surface area contributed by atoms with E-state index in [1.54, 1.807) is 11.3 Å². The molecule has 0 radical (unpaired) electrons. The summed E-state index contributed by atoms with van der Waals surface area (Å²) in [4.78, 5) is 10.5. The fourth-order valence-electron chi connectivity index (χ4n) is 2.30. The van der Waals surface area contributed by atoms with Crippen molar-refractivity contribution < 1.29 is 0 Å². The Morgan fingerprint density at radius 3 is 2.50 bits per heavy atom. The molecule has 0 aliphatic rings. The van der Waals surface area contributed by atoms with Crippen LogP contribution in [-0.2, 0) is 13.1 Å². The second-order valence-corrected chi connectivity index (χ2v) is 7.02. The summed E-state index contributed by atoms with van der Waals surface area (Å²) in [5, 5.41) is 7.75. The van der Waals surface area contributed by atoms with Crippen molar-refractivity contribution in [2.75, 3.05) is 6.54 Å². The first-order valence-electron chi connectivity index (χ1n) is 8.00. The van der Waals surface area contributed by atoms with Gasteiger partial charge in [0.25, 0.3) is 0 Å². The van der Waals surface area contributed by atoms with E-state index in [9.17, 15) is 0 Å². The van der Waals surface area contributed by atoms with Crippen molar-refractivity contribution >= 4 is 41.3 Å². The number of aromatic nitrogens is 1. The Hall–Kier alpha value is -1.15. The summed E-state index contributed by atoms with van der Waals surface area (Å²) in [5.74, 6) is 0.831. The molecule has 0 saturated heterocycles. The van der Waals surface area contributed by atoms with Gasteiger partial charge in [-0.05, 0) is 45.7 Å². The van der Waals surface area contributed by atoms with Crippen LogP contribution in [0.2, 0.25) is 0 Å². The Labute approximate surface area is 166 Å². The molecule has 6 heteroatoms. The van der Waals surface area contributed by atoms with Crippen LogP contribution in [-0.4, -0.2) is 17.5 Å². The van der Waals surface area contributed by atoms with E-state index in [4.69, 9.17) is 0 Å². The number of aryl methyl sites for hydroxylation is 4. The zero-order chi connectivity index (χ0) is 16.8. The second-order valence-electron chi connectivity index (χ2n) is 5.73. The van der Waals surface area contributed by atoms with Crippen LogP contribution in [0, 0.1) is 27.7 Å². The number of hydrogen-bond acceptors (Lipinski definition) is 3. The SMILES string of the molecule is CCNC(=NCc1ccc(C)cc1C)NCc1nc(C)c(C)s1.I. The molecule has 0 atom stereocenters. The molecule has 1 heterocycles. The molecule has 132 valence electrons. The van der Waals surface area contributed by atoms with Crippen LogP contribution in [0.25, 0.3) is 0 Å². The summed E-state index contributed by atoms with van der Waals surface area (Å²) in [7, 11) is 0. The number of hydrogen-bond donors (Lipinski definition) is 2. The van der Waals surface area contributed by atoms with E-state index in [2.05, 4.69) is 73.4 Å². The molecule has 2 rings (SSSR count). The fraction of sp³-hybridized carbons (Fsp3) is 0.444. The third-order valence-corrected chi connectivity index (χ3v) is 4.80. The minimum absolute atomic E-state index is 0. The summed E-state index contributed by atoms with van der Waals surface area (Å²) in [5.41, 5.74) is 4.95. The average molecular weight is 458 g/mol. The number of benzene rings is 1. The molecule has 0 spiro atoms. The third kappa shape index (κ3) is 6.05. The topological polar surface area (TPSA) is 49.3 Å². The average Bonchev–Trinajstić information content (AvgIpc) is 2.82. The number of halogens is 1. The van der Waals surface area contributed by atoms with E-state index in [1.807, 2.05) is 0 Å². The Balaban J connectivity index is 0.00000288. The van der Waals surface area contributed by atoms with Crippen LogP contribution in [0.15, 0.2) is 23.2 Å². The van der Waals surface area contributed by atoms with E-state index >= 15 is 0 Å². The number of nitrogens with one attached hydrogen (secondary N) is 2. The van der Waals surface area contributed by atoms with Gasteiger partial charge in [-0.2, -0.15) is 0 Å². The minimum Gasteiger partial charge on any atom is -0.357 e. The highest BCUT2D eigenvalue weighted by Gasteiger charge is 2.05. The van der Waals surface area contributed by atoms with Crippen LogP contribution in [0.4, 0.5) is 0 Å². The van der Waals surface area contributed by atoms with Crippen molar-refractivity contribution in [2.45, 2.75) is 47.7 Å². The van der Waals surface area contributed by atoms with Gasteiger partial charge in [0.2, 0.25) is 0 Å². The largest absolute Gasteiger partial charge is 0.357 e. The molecule has 0 amide bonds. The first kappa shape index (κ1) is 20.9. The molecule has 2 N–H and O–H groups in total. The maximum absolute atomic E-state index is 4.69. The molecule has 24 heavy (non-hydrogen) atoms. The van der Waals surface area contributed by atoms with Crippen LogP contribution < -0.4 is 10.6 Å². The summed E-state index contributed by atoms with van der Waals surface area (Å²) < 4.78 is 0. The first-order chi connectivity index (χ1) is 11.0. The zero-order valence-corrected chi connectivity index (χ0v) is 18.2. The molecule has 0 unspecified atom stereocenters. The second kappa shape index (κ2) is 9.98. The van der Waals surface area contributed by atoms with E-state index in [0.29, 0.717) is 13.1 Å². The quantitative estimate of drug-likeness (QED) is 0.400. The lowest BCUT2D eigenvalue weighted by molar-refractivity contribution is 0.809. The predicted octanol–water partition coefficient (Wildman–Crippen LogP) is 4.25. The molecular formula is C18H27IN4S. The van der Waals surface area contributed by atoms with E-state index in [1.165, 1.54) is 21.6 Å². The normalized spacial score (nSPS) is 11.1. The molecule has 0 aliphatic carbocycles. The molecular weight excluding hydrogens is 431 g/mol. The molecule has 1 aromatic heterocycles. The van der Waals surface area contributed by atoms with Gasteiger partial charge >= 0.3 is 0 Å². The van der Waals surface area contributed by atoms with Gasteiger partial charge in [0.1, 0.15) is 5.01 Å². The molecule has 0 bridgehead atoms. The van der Waals surface area contributed by atoms with Gasteiger partial charge in [-0.1, -0.05) is 23.8 Å². The smallest absolute Gasteiger partial charge is 0.191 e. The van der Waals surface area contributed by atoms with Gasteiger partial charge in [0, 0.05) is 11.4 Å². The Kier molecular flexibility index (Phi) is 8.69. The van der Waals surface area contributed by atoms with Crippen LogP contribution in [0.5, 0.6) is 0 Å². The molecule has 4 nitrogen and oxygen atoms in total. The van der Waals surface area contributed by atoms with Crippen molar-refractivity contribution in [1.29, 1.82) is 0 Å². The molecule has 0 aliphatic heterocycles. The van der Waals surface area contributed by atoms with E-state index in [-0.39, 0.29) is 24.0 Å². The van der Waals surface area contributed by atoms with Gasteiger partial charge in [-0.15, -0.1) is 35.3 Å². The summed E-state index contributed by atoms with van der Waals surface area (Å²) >= 11 is 1.74. The summed E-state index contributed by atoms with van der Waals surface area (Å²) in [6.45, 7) is 12.7. The number of thiazole rings is 1. The van der Waals surface area contributed by atoms with Crippen LogP contribution in [0.1, 0.15) is 39.2 Å². The monoisotopic (exact) mass is 458 g/mol. The Bertz CT molecular complexity index is 675. The first-order valence-corrected chi connectivity index (χ1v) is 8.82. The number of guanidine groups is 1. The van der Waals surface area contributed by atoms with Crippen molar-refractivity contribution in [3.05, 3.63) is 50.5 Å². The standard InChI is InChI=1S/C18H26N4S.HI/c1-6-19-18(21-11-17-22-14(4)15(5)23-17)20-10-16-8-7-12(2)9-13(16)3;/h7-9H,6,10-11H2,1-5H3,(H2,19,20,21);1H. The summed E-state index contributed by atoms with van der Waals surface area (Å²) in [6.07, 6.45) is 0. The maximum Gasteiger partial charge on any atom is 0.191 e. The van der Waals surface area contributed by atoms with Crippen molar-refractivity contribution in [3.63, 3.8) is 0 Å². The van der Waals surface area contributed by atoms with Gasteiger partial charge in [-0.3, -0.25) is 0 Å². The van der Waals surface area contributed by atoms with Crippen molar-refractivity contribution in [1.82, 2.24) is 15.6 Å². The van der Waals surface area contributed by atoms with Gasteiger partial charge < -0.3 is 10.6 Å². The number of nitrogens with zero attached hydrogens (tertiary/aromatic N) is 2. The third-order valence-electron chi connectivity index (χ3n) is 3.73. The van der Waals surface area contributed by atoms with E-state index < -0.39 is 0 Å². The lowest BCUT2D eigenvalue weighted by atomic mass is 10.1. The molecule has 0 fully saturated rings. The highest BCUT2D eigenvalue weighted by Crippen LogP contribution is 2.16. The van der Waals surface area contributed by atoms with Crippen LogP contribution >= 0.6 is 35.3 Å². The fourth-order valence-corrected chi connectivity index (χ4v) is 3.18. The number of aliphatic imine (C=N–C) groups is 1. The predicted molar refractivity (Wildman–Crippen MR) is 115 cm³/mol. The molecule has 0 saturated carbocycles. The highest BCUT2D eigenvalue weighted by atomic mass is 127. The maximum atomic E-state index is 4.69. The van der Waals surface area contributed by atoms with Gasteiger partial charge in [0.15, 0.2) is 5.96 Å². The van der Waals surface area contributed by atoms with Crippen LogP contribution in [0.3, 0.4) is 0 Å². The Morgan fingerprint density at radius 2 is 1.92 bits per heavy atom. The highest BCUT2D eigenvalue weighted by molar-refractivity contribution is 14.0.